The number of hydrogen-bond acceptors (Lipinski definition) is 4. The molecule has 0 N–H and O–H groups in total. The number of benzene rings is 1. The number of aromatic nitrogens is 1. The summed E-state index contributed by atoms with van der Waals surface area (Å²) in [7, 11) is 1.83. The fourth-order valence-corrected chi connectivity index (χ4v) is 9.85. The van der Waals surface area contributed by atoms with Crippen LogP contribution in [0.15, 0.2) is 42.6 Å². The zero-order valence-electron chi connectivity index (χ0n) is 19.7. The molecule has 4 bridgehead atoms. The number of likely N-dealkylation sites (tertiary alicyclic amines) is 1. The Morgan fingerprint density at radius 1 is 1.12 bits per heavy atom. The molecular formula is C29H35N3O. The van der Waals surface area contributed by atoms with Crippen molar-refractivity contribution in [2.75, 3.05) is 31.6 Å². The van der Waals surface area contributed by atoms with Gasteiger partial charge in [0.2, 0.25) is 0 Å². The summed E-state index contributed by atoms with van der Waals surface area (Å²) in [6.07, 6.45) is 11.6. The van der Waals surface area contributed by atoms with Crippen LogP contribution in [0.3, 0.4) is 0 Å². The normalized spacial score (nSPS) is 40.5. The van der Waals surface area contributed by atoms with Gasteiger partial charge in [-0.2, -0.15) is 0 Å². The van der Waals surface area contributed by atoms with Crippen LogP contribution in [0.1, 0.15) is 49.7 Å². The minimum Gasteiger partial charge on any atom is -0.497 e. The number of hydrogen-bond donors (Lipinski definition) is 0. The van der Waals surface area contributed by atoms with Crippen molar-refractivity contribution in [2.45, 2.75) is 62.4 Å². The maximum Gasteiger partial charge on any atom is 0.128 e. The van der Waals surface area contributed by atoms with Gasteiger partial charge in [0, 0.05) is 36.8 Å². The van der Waals surface area contributed by atoms with Gasteiger partial charge >= 0.3 is 0 Å². The van der Waals surface area contributed by atoms with E-state index in [4.69, 9.17) is 9.72 Å². The SMILES string of the molecule is COc1ccc2c(c1)C13CCN(CC4CC4)C(C2)C12CCC1C3[C@@H](CN1c1ccccn1)C2. The molecule has 8 rings (SSSR count). The number of pyridine rings is 1. The number of nitrogens with zero attached hydrogens (tertiary/aromatic N) is 3. The lowest BCUT2D eigenvalue weighted by Crippen LogP contribution is -2.69. The predicted molar refractivity (Wildman–Crippen MR) is 130 cm³/mol. The van der Waals surface area contributed by atoms with Crippen LogP contribution in [0.4, 0.5) is 5.82 Å². The predicted octanol–water partition coefficient (Wildman–Crippen LogP) is 4.67. The molecule has 4 nitrogen and oxygen atoms in total. The van der Waals surface area contributed by atoms with Gasteiger partial charge in [0.25, 0.3) is 0 Å². The summed E-state index contributed by atoms with van der Waals surface area (Å²) in [4.78, 5) is 10.5. The Morgan fingerprint density at radius 3 is 2.88 bits per heavy atom. The first-order valence-corrected chi connectivity index (χ1v) is 13.3. The molecule has 3 saturated carbocycles. The fraction of sp³-hybridized carbons (Fsp3) is 0.621. The van der Waals surface area contributed by atoms with E-state index in [0.717, 1.165) is 29.5 Å². The summed E-state index contributed by atoms with van der Waals surface area (Å²) >= 11 is 0. The van der Waals surface area contributed by atoms with Gasteiger partial charge in [0.15, 0.2) is 0 Å². The van der Waals surface area contributed by atoms with E-state index in [-0.39, 0.29) is 0 Å². The second-order valence-corrected chi connectivity index (χ2v) is 12.0. The summed E-state index contributed by atoms with van der Waals surface area (Å²) in [5.41, 5.74) is 4.07. The standard InChI is InChI=1S/C29H35N3O/c1-33-22-8-7-20-14-25-28-10-9-24-27(21(16-28)18-32(24)26-4-2-3-12-30-26)29(28,23(20)15-22)11-13-31(25)17-19-5-6-19/h2-4,7-8,12,15,19,21,24-25,27H,5-6,9-11,13-14,16-18H2,1H3/t21-,24?,25?,27?,28?,29?/m1/s1. The van der Waals surface area contributed by atoms with Crippen molar-refractivity contribution in [1.29, 1.82) is 0 Å². The highest BCUT2D eigenvalue weighted by molar-refractivity contribution is 5.54. The van der Waals surface area contributed by atoms with Crippen LogP contribution in [-0.2, 0) is 11.8 Å². The van der Waals surface area contributed by atoms with Crippen molar-refractivity contribution >= 4 is 5.82 Å². The second kappa shape index (κ2) is 6.53. The maximum absolute atomic E-state index is 5.79. The number of rotatable bonds is 4. The van der Waals surface area contributed by atoms with Crippen LogP contribution in [0.2, 0.25) is 0 Å². The topological polar surface area (TPSA) is 28.6 Å². The average Bonchev–Trinajstić information content (AvgIpc) is 3.54. The van der Waals surface area contributed by atoms with E-state index in [1.165, 1.54) is 70.4 Å². The molecule has 33 heavy (non-hydrogen) atoms. The third-order valence-electron chi connectivity index (χ3n) is 10.9. The number of anilines is 1. The number of piperidine rings is 1. The highest BCUT2D eigenvalue weighted by Gasteiger charge is 2.76. The molecule has 0 amide bonds. The highest BCUT2D eigenvalue weighted by atomic mass is 16.5. The molecule has 5 fully saturated rings. The van der Waals surface area contributed by atoms with Crippen molar-refractivity contribution in [3.8, 4) is 5.75 Å². The van der Waals surface area contributed by atoms with Crippen LogP contribution in [-0.4, -0.2) is 48.7 Å². The summed E-state index contributed by atoms with van der Waals surface area (Å²) in [5.74, 6) is 4.77. The summed E-state index contributed by atoms with van der Waals surface area (Å²) in [5, 5.41) is 0. The minimum atomic E-state index is 0.316. The third kappa shape index (κ3) is 2.34. The average molecular weight is 442 g/mol. The summed E-state index contributed by atoms with van der Waals surface area (Å²) in [6.45, 7) is 3.84. The summed E-state index contributed by atoms with van der Waals surface area (Å²) < 4.78 is 5.79. The smallest absolute Gasteiger partial charge is 0.128 e. The Balaban J connectivity index is 1.29. The quantitative estimate of drug-likeness (QED) is 0.689. The first-order chi connectivity index (χ1) is 16.2. The van der Waals surface area contributed by atoms with Gasteiger partial charge < -0.3 is 9.64 Å². The molecule has 3 heterocycles. The Labute approximate surface area is 197 Å². The molecule has 172 valence electrons. The van der Waals surface area contributed by atoms with Crippen LogP contribution in [0, 0.1) is 23.2 Å². The van der Waals surface area contributed by atoms with E-state index in [1.54, 1.807) is 11.1 Å². The molecule has 1 aromatic heterocycles. The first kappa shape index (κ1) is 19.3. The van der Waals surface area contributed by atoms with Gasteiger partial charge in [-0.1, -0.05) is 12.1 Å². The lowest BCUT2D eigenvalue weighted by molar-refractivity contribution is -0.0921. The van der Waals surface area contributed by atoms with Crippen molar-refractivity contribution < 1.29 is 4.74 Å². The molecule has 0 spiro atoms. The summed E-state index contributed by atoms with van der Waals surface area (Å²) in [6, 6.07) is 14.9. The Bertz CT molecular complexity index is 1100. The van der Waals surface area contributed by atoms with Gasteiger partial charge in [0.05, 0.1) is 7.11 Å². The van der Waals surface area contributed by atoms with E-state index in [0.29, 0.717) is 16.9 Å². The van der Waals surface area contributed by atoms with Crippen molar-refractivity contribution in [2.24, 2.45) is 23.2 Å². The van der Waals surface area contributed by atoms with E-state index in [9.17, 15) is 0 Å². The maximum atomic E-state index is 5.79. The Morgan fingerprint density at radius 2 is 2.06 bits per heavy atom. The minimum absolute atomic E-state index is 0.316. The van der Waals surface area contributed by atoms with Crippen LogP contribution in [0.5, 0.6) is 5.75 Å². The van der Waals surface area contributed by atoms with Crippen LogP contribution < -0.4 is 9.64 Å². The van der Waals surface area contributed by atoms with Gasteiger partial charge in [-0.25, -0.2) is 4.98 Å². The first-order valence-electron chi connectivity index (χ1n) is 13.3. The van der Waals surface area contributed by atoms with E-state index >= 15 is 0 Å². The molecule has 6 aliphatic rings. The molecule has 0 radical (unpaired) electrons. The zero-order chi connectivity index (χ0) is 21.8. The molecule has 2 aliphatic heterocycles. The monoisotopic (exact) mass is 441 g/mol. The van der Waals surface area contributed by atoms with Gasteiger partial charge in [0.1, 0.15) is 11.6 Å². The molecule has 6 atom stereocenters. The van der Waals surface area contributed by atoms with Crippen molar-refractivity contribution in [1.82, 2.24) is 9.88 Å². The molecule has 1 aromatic carbocycles. The molecule has 5 unspecified atom stereocenters. The van der Waals surface area contributed by atoms with Gasteiger partial charge in [-0.05, 0) is 110 Å². The molecular weight excluding hydrogens is 406 g/mol. The Hall–Kier alpha value is -2.07. The number of methoxy groups -OCH3 is 1. The van der Waals surface area contributed by atoms with Crippen LogP contribution in [0.25, 0.3) is 0 Å². The van der Waals surface area contributed by atoms with Gasteiger partial charge in [-0.3, -0.25) is 4.90 Å². The lowest BCUT2D eigenvalue weighted by atomic mass is 9.43. The highest BCUT2D eigenvalue weighted by Crippen LogP contribution is 2.75. The van der Waals surface area contributed by atoms with Crippen molar-refractivity contribution in [3.63, 3.8) is 0 Å². The Kier molecular flexibility index (Phi) is 3.81. The van der Waals surface area contributed by atoms with Gasteiger partial charge in [-0.15, -0.1) is 0 Å². The van der Waals surface area contributed by atoms with E-state index in [2.05, 4.69) is 46.2 Å². The fourth-order valence-electron chi connectivity index (χ4n) is 9.85. The third-order valence-corrected chi connectivity index (χ3v) is 10.9. The van der Waals surface area contributed by atoms with E-state index in [1.807, 2.05) is 13.3 Å². The molecule has 4 aliphatic carbocycles. The van der Waals surface area contributed by atoms with Crippen molar-refractivity contribution in [3.05, 3.63) is 53.7 Å². The lowest BCUT2D eigenvalue weighted by Gasteiger charge is -2.66. The zero-order valence-corrected chi connectivity index (χ0v) is 19.7. The van der Waals surface area contributed by atoms with Crippen LogP contribution >= 0.6 is 0 Å². The molecule has 4 heteroatoms. The molecule has 2 aromatic rings. The number of ether oxygens (including phenoxy) is 1. The number of fused-ring (bicyclic) bond motifs is 1. The second-order valence-electron chi connectivity index (χ2n) is 12.0. The largest absolute Gasteiger partial charge is 0.497 e. The molecule has 2 saturated heterocycles. The van der Waals surface area contributed by atoms with E-state index < -0.39 is 0 Å².